The lowest BCUT2D eigenvalue weighted by atomic mass is 10.1. The highest BCUT2D eigenvalue weighted by molar-refractivity contribution is 5.71. The summed E-state index contributed by atoms with van der Waals surface area (Å²) in [5, 5.41) is 0. The maximum Gasteiger partial charge on any atom is 0.306 e. The fraction of sp³-hybridized carbons (Fsp3) is 0.693. The molecule has 0 saturated heterocycles. The molecule has 0 spiro atoms. The second kappa shape index (κ2) is 68.3. The largest absolute Gasteiger partial charge is 0.462 e. The Bertz CT molecular complexity index is 1670. The zero-order chi connectivity index (χ0) is 58.5. The quantitative estimate of drug-likeness (QED) is 0.0261. The van der Waals surface area contributed by atoms with E-state index >= 15 is 0 Å². The molecular weight excluding hydrogens is 997 g/mol. The standard InChI is InChI=1S/C75H126O6/c1-4-7-10-13-16-19-22-25-28-31-33-35-37-39-41-44-47-50-53-56-59-62-65-68-74(77)80-71-72(70-79-73(76)67-64-61-58-55-52-49-46-43-30-27-24-21-18-15-12-9-6-3)81-75(78)69-66-63-60-57-54-51-48-45-42-40-38-36-34-32-29-26-23-20-17-14-11-8-5-2/h7,9-10,12,16,18-19,21,23,25-28,30,32-35,38,40,72H,4-6,8,11,13-15,17,20,22,24,29,31,36-37,39,41-71H2,1-3H3/b10-7-,12-9-,19-16-,21-18-,26-23-,28-25-,30-27-,34-32-,35-33-,40-38-. The zero-order valence-corrected chi connectivity index (χ0v) is 53.0. The second-order valence-electron chi connectivity index (χ2n) is 22.3. The topological polar surface area (TPSA) is 78.9 Å². The summed E-state index contributed by atoms with van der Waals surface area (Å²) in [6.45, 7) is 6.42. The zero-order valence-electron chi connectivity index (χ0n) is 53.0. The number of carbonyl (C=O) groups excluding carboxylic acids is 3. The molecule has 0 fully saturated rings. The van der Waals surface area contributed by atoms with Crippen LogP contribution < -0.4 is 0 Å². The summed E-state index contributed by atoms with van der Waals surface area (Å²) in [4.78, 5) is 38.5. The normalized spacial score (nSPS) is 12.9. The smallest absolute Gasteiger partial charge is 0.306 e. The van der Waals surface area contributed by atoms with Crippen LogP contribution in [0.25, 0.3) is 0 Å². The van der Waals surface area contributed by atoms with E-state index < -0.39 is 6.10 Å². The van der Waals surface area contributed by atoms with E-state index in [1.54, 1.807) is 0 Å². The van der Waals surface area contributed by atoms with Crippen LogP contribution in [0.4, 0.5) is 0 Å². The molecule has 0 amide bonds. The Kier molecular flexibility index (Phi) is 64.8. The Morgan fingerprint density at radius 2 is 0.481 bits per heavy atom. The lowest BCUT2D eigenvalue weighted by molar-refractivity contribution is -0.167. The molecular formula is C75H126O6. The average Bonchev–Trinajstić information content (AvgIpc) is 3.47. The third-order valence-electron chi connectivity index (χ3n) is 14.4. The molecule has 0 radical (unpaired) electrons. The number of hydrogen-bond donors (Lipinski definition) is 0. The molecule has 0 aliphatic rings. The second-order valence-corrected chi connectivity index (χ2v) is 22.3. The van der Waals surface area contributed by atoms with Crippen LogP contribution in [0.15, 0.2) is 122 Å². The van der Waals surface area contributed by atoms with Gasteiger partial charge in [0, 0.05) is 19.3 Å². The van der Waals surface area contributed by atoms with Gasteiger partial charge >= 0.3 is 17.9 Å². The Hall–Kier alpha value is -4.19. The number of carbonyl (C=O) groups is 3. The van der Waals surface area contributed by atoms with Crippen LogP contribution in [-0.4, -0.2) is 37.2 Å². The van der Waals surface area contributed by atoms with E-state index in [1.807, 2.05) is 0 Å². The number of unbranched alkanes of at least 4 members (excludes halogenated alkanes) is 30. The lowest BCUT2D eigenvalue weighted by Crippen LogP contribution is -2.30. The summed E-state index contributed by atoms with van der Waals surface area (Å²) in [5.41, 5.74) is 0. The summed E-state index contributed by atoms with van der Waals surface area (Å²) in [5.74, 6) is -0.900. The molecule has 1 unspecified atom stereocenters. The molecule has 0 aromatic carbocycles. The fourth-order valence-corrected chi connectivity index (χ4v) is 9.40. The summed E-state index contributed by atoms with van der Waals surface area (Å²) < 4.78 is 17.0. The minimum absolute atomic E-state index is 0.0882. The van der Waals surface area contributed by atoms with Gasteiger partial charge in [-0.1, -0.05) is 290 Å². The van der Waals surface area contributed by atoms with Crippen molar-refractivity contribution in [2.24, 2.45) is 0 Å². The van der Waals surface area contributed by atoms with Crippen molar-refractivity contribution in [1.29, 1.82) is 0 Å². The first-order valence-corrected chi connectivity index (χ1v) is 34.0. The summed E-state index contributed by atoms with van der Waals surface area (Å²) >= 11 is 0. The molecule has 462 valence electrons. The van der Waals surface area contributed by atoms with Crippen molar-refractivity contribution in [2.75, 3.05) is 13.2 Å². The van der Waals surface area contributed by atoms with E-state index in [4.69, 9.17) is 14.2 Å². The third kappa shape index (κ3) is 66.5. The predicted molar refractivity (Wildman–Crippen MR) is 353 cm³/mol. The van der Waals surface area contributed by atoms with E-state index in [1.165, 1.54) is 148 Å². The number of rotatable bonds is 61. The van der Waals surface area contributed by atoms with Crippen LogP contribution in [0.2, 0.25) is 0 Å². The first-order chi connectivity index (χ1) is 40.0. The molecule has 1 atom stereocenters. The molecule has 6 heteroatoms. The van der Waals surface area contributed by atoms with Crippen molar-refractivity contribution in [3.05, 3.63) is 122 Å². The first-order valence-electron chi connectivity index (χ1n) is 34.0. The van der Waals surface area contributed by atoms with Gasteiger partial charge in [0.15, 0.2) is 6.10 Å². The van der Waals surface area contributed by atoms with Gasteiger partial charge in [0.1, 0.15) is 13.2 Å². The number of allylic oxidation sites excluding steroid dienone is 20. The van der Waals surface area contributed by atoms with Gasteiger partial charge in [-0.2, -0.15) is 0 Å². The van der Waals surface area contributed by atoms with E-state index in [0.29, 0.717) is 19.3 Å². The highest BCUT2D eigenvalue weighted by atomic mass is 16.6. The molecule has 0 N–H and O–H groups in total. The van der Waals surface area contributed by atoms with E-state index in [9.17, 15) is 14.4 Å². The lowest BCUT2D eigenvalue weighted by Gasteiger charge is -2.18. The molecule has 0 heterocycles. The number of esters is 3. The van der Waals surface area contributed by atoms with Gasteiger partial charge in [0.05, 0.1) is 0 Å². The Morgan fingerprint density at radius 1 is 0.259 bits per heavy atom. The summed E-state index contributed by atoms with van der Waals surface area (Å²) in [6.07, 6.45) is 94.9. The number of hydrogen-bond acceptors (Lipinski definition) is 6. The molecule has 0 aromatic rings. The highest BCUT2D eigenvalue weighted by Crippen LogP contribution is 2.16. The van der Waals surface area contributed by atoms with Gasteiger partial charge in [-0.15, -0.1) is 0 Å². The van der Waals surface area contributed by atoms with Gasteiger partial charge in [-0.05, 0) is 128 Å². The number of ether oxygens (including phenoxy) is 3. The summed E-state index contributed by atoms with van der Waals surface area (Å²) in [7, 11) is 0. The van der Waals surface area contributed by atoms with Crippen molar-refractivity contribution in [2.45, 2.75) is 322 Å². The molecule has 6 nitrogen and oxygen atoms in total. The first kappa shape index (κ1) is 76.8. The van der Waals surface area contributed by atoms with Crippen LogP contribution in [-0.2, 0) is 28.6 Å². The van der Waals surface area contributed by atoms with Gasteiger partial charge in [-0.3, -0.25) is 14.4 Å². The monoisotopic (exact) mass is 1120 g/mol. The maximum absolute atomic E-state index is 13.0. The Morgan fingerprint density at radius 3 is 0.753 bits per heavy atom. The minimum Gasteiger partial charge on any atom is -0.462 e. The van der Waals surface area contributed by atoms with Crippen LogP contribution in [0.5, 0.6) is 0 Å². The van der Waals surface area contributed by atoms with Crippen molar-refractivity contribution >= 4 is 17.9 Å². The average molecular weight is 1120 g/mol. The van der Waals surface area contributed by atoms with Crippen molar-refractivity contribution < 1.29 is 28.6 Å². The van der Waals surface area contributed by atoms with Crippen LogP contribution in [0.3, 0.4) is 0 Å². The molecule has 0 rings (SSSR count). The summed E-state index contributed by atoms with van der Waals surface area (Å²) in [6, 6.07) is 0. The van der Waals surface area contributed by atoms with Crippen molar-refractivity contribution in [3.8, 4) is 0 Å². The van der Waals surface area contributed by atoms with Gasteiger partial charge < -0.3 is 14.2 Å². The predicted octanol–water partition coefficient (Wildman–Crippen LogP) is 23.6. The van der Waals surface area contributed by atoms with Gasteiger partial charge in [0.2, 0.25) is 0 Å². The van der Waals surface area contributed by atoms with Gasteiger partial charge in [0.25, 0.3) is 0 Å². The molecule has 0 aromatic heterocycles. The Balaban J connectivity index is 4.41. The van der Waals surface area contributed by atoms with E-state index in [2.05, 4.69) is 142 Å². The molecule has 0 bridgehead atoms. The van der Waals surface area contributed by atoms with Gasteiger partial charge in [-0.25, -0.2) is 0 Å². The van der Waals surface area contributed by atoms with Crippen LogP contribution in [0.1, 0.15) is 316 Å². The molecule has 0 aliphatic carbocycles. The van der Waals surface area contributed by atoms with Crippen LogP contribution in [0, 0.1) is 0 Å². The fourth-order valence-electron chi connectivity index (χ4n) is 9.40. The van der Waals surface area contributed by atoms with Crippen LogP contribution >= 0.6 is 0 Å². The SMILES string of the molecule is CC/C=C\C/C=C\C/C=C\C/C=C\CCCCCCCCCCCCC(=O)OCC(COC(=O)CCCCCCCCC/C=C\C/C=C\C/C=C\CC)OC(=O)CCCCCCCCCC/C=C\C/C=C\C/C=C\CCCCCCC. The van der Waals surface area contributed by atoms with Crippen molar-refractivity contribution in [3.63, 3.8) is 0 Å². The molecule has 0 saturated carbocycles. The van der Waals surface area contributed by atoms with E-state index in [-0.39, 0.29) is 31.1 Å². The molecule has 0 aliphatic heterocycles. The molecule has 81 heavy (non-hydrogen) atoms. The Labute approximate surface area is 501 Å². The minimum atomic E-state index is -0.794. The third-order valence-corrected chi connectivity index (χ3v) is 14.4. The highest BCUT2D eigenvalue weighted by Gasteiger charge is 2.19. The maximum atomic E-state index is 13.0. The van der Waals surface area contributed by atoms with E-state index in [0.717, 1.165) is 128 Å². The van der Waals surface area contributed by atoms with Crippen molar-refractivity contribution in [1.82, 2.24) is 0 Å².